The number of nitrogens with zero attached hydrogens (tertiary/aromatic N) is 1. The van der Waals surface area contributed by atoms with Crippen molar-refractivity contribution in [3.8, 4) is 28.5 Å². The van der Waals surface area contributed by atoms with Crippen molar-refractivity contribution in [2.75, 3.05) is 11.9 Å². The van der Waals surface area contributed by atoms with Crippen molar-refractivity contribution < 1.29 is 18.6 Å². The molecule has 8 nitrogen and oxygen atoms in total. The highest BCUT2D eigenvalue weighted by atomic mass is 19.1. The fourth-order valence-electron chi connectivity index (χ4n) is 4.23. The predicted octanol–water partition coefficient (Wildman–Crippen LogP) is 6.67. The summed E-state index contributed by atoms with van der Waals surface area (Å²) in [5.74, 6) is 1.26. The molecule has 0 aliphatic carbocycles. The lowest BCUT2D eigenvalue weighted by molar-refractivity contribution is 0.228. The first-order chi connectivity index (χ1) is 19.1. The first-order valence-corrected chi connectivity index (χ1v) is 13.3. The van der Waals surface area contributed by atoms with Crippen molar-refractivity contribution in [1.29, 1.82) is 5.41 Å². The van der Waals surface area contributed by atoms with E-state index in [2.05, 4.69) is 10.3 Å². The average molecular weight is 546 g/mol. The number of aromatic nitrogens is 2. The van der Waals surface area contributed by atoms with Gasteiger partial charge in [-0.25, -0.2) is 9.37 Å². The first-order valence-electron chi connectivity index (χ1n) is 13.3. The molecule has 5 N–H and O–H groups in total. The van der Waals surface area contributed by atoms with Crippen LogP contribution in [-0.2, 0) is 0 Å². The van der Waals surface area contributed by atoms with Crippen molar-refractivity contribution in [3.05, 3.63) is 89.6 Å². The van der Waals surface area contributed by atoms with Gasteiger partial charge in [-0.05, 0) is 77.1 Å². The molecular weight excluding hydrogens is 509 g/mol. The predicted molar refractivity (Wildman–Crippen MR) is 156 cm³/mol. The fourth-order valence-corrected chi connectivity index (χ4v) is 4.23. The SMILES string of the molecule is CCOc1cc(OC(C)C)c(F)c(C(Nc2ccc(C(=N)N)cc2)c2nc(-c3cccc(OC(C)C)c3)c[nH]2)c1. The zero-order valence-electron chi connectivity index (χ0n) is 23.4. The van der Waals surface area contributed by atoms with Gasteiger partial charge >= 0.3 is 0 Å². The Balaban J connectivity index is 1.80. The molecule has 0 aliphatic heterocycles. The van der Waals surface area contributed by atoms with Gasteiger partial charge in [0.25, 0.3) is 0 Å². The molecule has 0 spiro atoms. The van der Waals surface area contributed by atoms with Crippen LogP contribution in [0.4, 0.5) is 10.1 Å². The van der Waals surface area contributed by atoms with Gasteiger partial charge in [0.15, 0.2) is 11.6 Å². The fraction of sp³-hybridized carbons (Fsp3) is 0.290. The summed E-state index contributed by atoms with van der Waals surface area (Å²) >= 11 is 0. The largest absolute Gasteiger partial charge is 0.494 e. The molecule has 0 aliphatic rings. The standard InChI is InChI=1S/C31H36FN5O3/c1-6-38-24-15-25(28(32)27(16-24)40-19(4)5)29(36-22-12-10-20(11-13-22)30(33)34)31-35-17-26(37-31)21-8-7-9-23(14-21)39-18(2)3/h7-19,29,36H,6H2,1-5H3,(H3,33,34)(H,35,37). The lowest BCUT2D eigenvalue weighted by atomic mass is 10.0. The number of nitrogens with two attached hydrogens (primary N) is 1. The van der Waals surface area contributed by atoms with Gasteiger partial charge in [0, 0.05) is 34.6 Å². The van der Waals surface area contributed by atoms with E-state index < -0.39 is 11.9 Å². The van der Waals surface area contributed by atoms with Gasteiger partial charge in [0.1, 0.15) is 29.2 Å². The maximum absolute atomic E-state index is 16.0. The van der Waals surface area contributed by atoms with E-state index >= 15 is 4.39 Å². The number of halogens is 1. The second-order valence-electron chi connectivity index (χ2n) is 9.86. The number of anilines is 1. The number of aromatic amines is 1. The van der Waals surface area contributed by atoms with Crippen LogP contribution >= 0.6 is 0 Å². The van der Waals surface area contributed by atoms with Gasteiger partial charge in [-0.2, -0.15) is 0 Å². The highest BCUT2D eigenvalue weighted by Crippen LogP contribution is 2.36. The Hall–Kier alpha value is -4.53. The summed E-state index contributed by atoms with van der Waals surface area (Å²) in [6.07, 6.45) is 1.59. The first kappa shape index (κ1) is 28.5. The summed E-state index contributed by atoms with van der Waals surface area (Å²) in [6.45, 7) is 9.91. The highest BCUT2D eigenvalue weighted by Gasteiger charge is 2.26. The zero-order valence-corrected chi connectivity index (χ0v) is 23.4. The van der Waals surface area contributed by atoms with Gasteiger partial charge in [-0.15, -0.1) is 0 Å². The summed E-state index contributed by atoms with van der Waals surface area (Å²) in [5.41, 5.74) is 8.74. The summed E-state index contributed by atoms with van der Waals surface area (Å²) in [4.78, 5) is 8.09. The topological polar surface area (TPSA) is 118 Å². The number of rotatable bonds is 12. The van der Waals surface area contributed by atoms with E-state index in [-0.39, 0.29) is 23.8 Å². The quantitative estimate of drug-likeness (QED) is 0.117. The monoisotopic (exact) mass is 545 g/mol. The van der Waals surface area contributed by atoms with Crippen LogP contribution in [0.1, 0.15) is 57.6 Å². The normalized spacial score (nSPS) is 11.9. The van der Waals surface area contributed by atoms with Crippen LogP contribution in [0.3, 0.4) is 0 Å². The van der Waals surface area contributed by atoms with E-state index in [1.165, 1.54) is 0 Å². The third kappa shape index (κ3) is 6.91. The Morgan fingerprint density at radius 3 is 2.38 bits per heavy atom. The van der Waals surface area contributed by atoms with Crippen molar-refractivity contribution in [3.63, 3.8) is 0 Å². The molecule has 4 aromatic rings. The minimum absolute atomic E-state index is 0.0339. The van der Waals surface area contributed by atoms with Crippen LogP contribution in [-0.4, -0.2) is 34.6 Å². The molecular formula is C31H36FN5O3. The molecule has 1 aromatic heterocycles. The molecule has 1 atom stereocenters. The van der Waals surface area contributed by atoms with E-state index in [1.807, 2.05) is 58.9 Å². The Morgan fingerprint density at radius 2 is 1.73 bits per heavy atom. The molecule has 0 fully saturated rings. The van der Waals surface area contributed by atoms with Crippen molar-refractivity contribution in [2.45, 2.75) is 52.9 Å². The maximum Gasteiger partial charge on any atom is 0.171 e. The van der Waals surface area contributed by atoms with Crippen LogP contribution in [0.5, 0.6) is 17.2 Å². The number of ether oxygens (including phenoxy) is 3. The van der Waals surface area contributed by atoms with Gasteiger partial charge in [0.2, 0.25) is 0 Å². The van der Waals surface area contributed by atoms with Crippen LogP contribution < -0.4 is 25.3 Å². The van der Waals surface area contributed by atoms with Gasteiger partial charge in [-0.1, -0.05) is 12.1 Å². The molecule has 40 heavy (non-hydrogen) atoms. The molecule has 0 saturated carbocycles. The van der Waals surface area contributed by atoms with Crippen LogP contribution in [0.2, 0.25) is 0 Å². The molecule has 3 aromatic carbocycles. The second-order valence-corrected chi connectivity index (χ2v) is 9.86. The van der Waals surface area contributed by atoms with E-state index in [1.54, 1.807) is 42.6 Å². The molecule has 4 rings (SSSR count). The molecule has 1 heterocycles. The third-order valence-corrected chi connectivity index (χ3v) is 5.91. The zero-order chi connectivity index (χ0) is 28.8. The highest BCUT2D eigenvalue weighted by molar-refractivity contribution is 5.95. The number of nitrogens with one attached hydrogen (secondary N) is 3. The van der Waals surface area contributed by atoms with Crippen molar-refractivity contribution in [2.24, 2.45) is 5.73 Å². The van der Waals surface area contributed by atoms with E-state index in [4.69, 9.17) is 30.3 Å². The molecule has 0 bridgehead atoms. The second kappa shape index (κ2) is 12.5. The summed E-state index contributed by atoms with van der Waals surface area (Å²) < 4.78 is 33.5. The average Bonchev–Trinajstić information content (AvgIpc) is 3.39. The summed E-state index contributed by atoms with van der Waals surface area (Å²) in [6, 6.07) is 17.2. The number of amidine groups is 1. The Labute approximate surface area is 234 Å². The van der Waals surface area contributed by atoms with Gasteiger partial charge < -0.3 is 30.2 Å². The van der Waals surface area contributed by atoms with E-state index in [0.717, 1.165) is 11.3 Å². The van der Waals surface area contributed by atoms with Crippen molar-refractivity contribution in [1.82, 2.24) is 9.97 Å². The number of imidazole rings is 1. The maximum atomic E-state index is 16.0. The van der Waals surface area contributed by atoms with Crippen molar-refractivity contribution >= 4 is 11.5 Å². The van der Waals surface area contributed by atoms with Gasteiger partial charge in [-0.3, -0.25) is 5.41 Å². The van der Waals surface area contributed by atoms with Gasteiger partial charge in [0.05, 0.1) is 24.5 Å². The van der Waals surface area contributed by atoms with Crippen LogP contribution in [0.25, 0.3) is 11.3 Å². The minimum Gasteiger partial charge on any atom is -0.494 e. The molecule has 0 saturated heterocycles. The molecule has 9 heteroatoms. The summed E-state index contributed by atoms with van der Waals surface area (Å²) in [5, 5.41) is 11.1. The Bertz CT molecular complexity index is 1450. The lowest BCUT2D eigenvalue weighted by Crippen LogP contribution is -2.18. The molecule has 0 radical (unpaired) electrons. The minimum atomic E-state index is -0.734. The number of H-pyrrole nitrogens is 1. The molecule has 1 unspecified atom stereocenters. The Kier molecular flexibility index (Phi) is 8.93. The molecule has 0 amide bonds. The third-order valence-electron chi connectivity index (χ3n) is 5.91. The molecule has 210 valence electrons. The van der Waals surface area contributed by atoms with E-state index in [9.17, 15) is 0 Å². The number of hydrogen-bond acceptors (Lipinski definition) is 6. The summed E-state index contributed by atoms with van der Waals surface area (Å²) in [7, 11) is 0. The smallest absolute Gasteiger partial charge is 0.171 e. The van der Waals surface area contributed by atoms with E-state index in [0.29, 0.717) is 40.7 Å². The number of hydrogen-bond donors (Lipinski definition) is 4. The van der Waals surface area contributed by atoms with Crippen LogP contribution in [0.15, 0.2) is 66.9 Å². The lowest BCUT2D eigenvalue weighted by Gasteiger charge is -2.22. The number of benzene rings is 3. The van der Waals surface area contributed by atoms with Crippen LogP contribution in [0, 0.1) is 11.2 Å². The Morgan fingerprint density at radius 1 is 1.00 bits per heavy atom. The number of nitrogen functional groups attached to an aromatic ring is 1.